The molecule has 2 N–H and O–H groups in total. The van der Waals surface area contributed by atoms with E-state index >= 15 is 0 Å². The molecule has 0 bridgehead atoms. The monoisotopic (exact) mass is 350 g/mol. The highest BCUT2D eigenvalue weighted by Crippen LogP contribution is 2.24. The third-order valence-electron chi connectivity index (χ3n) is 3.42. The van der Waals surface area contributed by atoms with Crippen LogP contribution in [0.15, 0.2) is 22.7 Å². The normalized spacial score (nSPS) is 20.0. The standard InChI is InChI=1S/C13H16BrFN2O.ClH/c1-8(16)9-4-5-17(7-9)13(18)11-3-2-10(15)6-12(11)14;/h2-3,6,8-9H,4-5,7,16H2,1H3;1H. The maximum Gasteiger partial charge on any atom is 0.255 e. The van der Waals surface area contributed by atoms with Crippen LogP contribution >= 0.6 is 28.3 Å². The quantitative estimate of drug-likeness (QED) is 0.890. The van der Waals surface area contributed by atoms with Crippen molar-refractivity contribution in [3.05, 3.63) is 34.1 Å². The number of benzene rings is 1. The van der Waals surface area contributed by atoms with E-state index in [2.05, 4.69) is 15.9 Å². The van der Waals surface area contributed by atoms with Gasteiger partial charge in [-0.25, -0.2) is 4.39 Å². The minimum atomic E-state index is -0.353. The van der Waals surface area contributed by atoms with Crippen molar-refractivity contribution in [3.8, 4) is 0 Å². The van der Waals surface area contributed by atoms with Gasteiger partial charge in [0.1, 0.15) is 5.82 Å². The molecule has 0 aliphatic carbocycles. The fraction of sp³-hybridized carbons (Fsp3) is 0.462. The Labute approximate surface area is 126 Å². The number of likely N-dealkylation sites (tertiary alicyclic amines) is 1. The lowest BCUT2D eigenvalue weighted by atomic mass is 10.0. The van der Waals surface area contributed by atoms with Gasteiger partial charge in [0.2, 0.25) is 0 Å². The van der Waals surface area contributed by atoms with Gasteiger partial charge in [-0.3, -0.25) is 4.79 Å². The van der Waals surface area contributed by atoms with Crippen molar-refractivity contribution >= 4 is 34.2 Å². The fourth-order valence-electron chi connectivity index (χ4n) is 2.23. The second-order valence-corrected chi connectivity index (χ2v) is 5.64. The van der Waals surface area contributed by atoms with Crippen LogP contribution in [0, 0.1) is 11.7 Å². The van der Waals surface area contributed by atoms with Crippen LogP contribution in [0.1, 0.15) is 23.7 Å². The van der Waals surface area contributed by atoms with Gasteiger partial charge in [-0.15, -0.1) is 12.4 Å². The van der Waals surface area contributed by atoms with E-state index < -0.39 is 0 Å². The zero-order chi connectivity index (χ0) is 13.3. The molecule has 0 spiro atoms. The summed E-state index contributed by atoms with van der Waals surface area (Å²) in [6.45, 7) is 3.36. The second kappa shape index (κ2) is 6.68. The van der Waals surface area contributed by atoms with E-state index in [-0.39, 0.29) is 30.2 Å². The number of hydrogen-bond donors (Lipinski definition) is 1. The van der Waals surface area contributed by atoms with E-state index in [4.69, 9.17) is 5.73 Å². The Hall–Kier alpha value is -0.650. The van der Waals surface area contributed by atoms with E-state index in [1.807, 2.05) is 6.92 Å². The van der Waals surface area contributed by atoms with Crippen LogP contribution in [0.2, 0.25) is 0 Å². The highest BCUT2D eigenvalue weighted by Gasteiger charge is 2.29. The van der Waals surface area contributed by atoms with Gasteiger partial charge >= 0.3 is 0 Å². The molecule has 0 aromatic heterocycles. The predicted molar refractivity (Wildman–Crippen MR) is 79.0 cm³/mol. The van der Waals surface area contributed by atoms with E-state index in [1.165, 1.54) is 18.2 Å². The van der Waals surface area contributed by atoms with Crippen LogP contribution in [-0.2, 0) is 0 Å². The minimum Gasteiger partial charge on any atom is -0.338 e. The third kappa shape index (κ3) is 3.68. The van der Waals surface area contributed by atoms with Gasteiger partial charge in [-0.05, 0) is 53.4 Å². The van der Waals surface area contributed by atoms with Crippen LogP contribution in [0.25, 0.3) is 0 Å². The predicted octanol–water partition coefficient (Wildman–Crippen LogP) is 2.82. The molecule has 106 valence electrons. The van der Waals surface area contributed by atoms with Gasteiger partial charge < -0.3 is 10.6 Å². The summed E-state index contributed by atoms with van der Waals surface area (Å²) in [6.07, 6.45) is 0.933. The lowest BCUT2D eigenvalue weighted by Crippen LogP contribution is -2.33. The molecular weight excluding hydrogens is 335 g/mol. The molecule has 19 heavy (non-hydrogen) atoms. The molecule has 0 radical (unpaired) electrons. The van der Waals surface area contributed by atoms with E-state index in [0.29, 0.717) is 22.5 Å². The van der Waals surface area contributed by atoms with Crippen LogP contribution in [-0.4, -0.2) is 29.9 Å². The number of nitrogens with two attached hydrogens (primary N) is 1. The molecule has 1 heterocycles. The average molecular weight is 352 g/mol. The van der Waals surface area contributed by atoms with Gasteiger partial charge in [0.15, 0.2) is 0 Å². The third-order valence-corrected chi connectivity index (χ3v) is 4.07. The number of carbonyl (C=O) groups excluding carboxylic acids is 1. The number of rotatable bonds is 2. The lowest BCUT2D eigenvalue weighted by Gasteiger charge is -2.18. The zero-order valence-electron chi connectivity index (χ0n) is 10.6. The number of nitrogens with zero attached hydrogens (tertiary/aromatic N) is 1. The molecule has 1 aliphatic heterocycles. The van der Waals surface area contributed by atoms with Gasteiger partial charge in [-0.1, -0.05) is 0 Å². The van der Waals surface area contributed by atoms with Crippen molar-refractivity contribution in [2.45, 2.75) is 19.4 Å². The van der Waals surface area contributed by atoms with E-state index in [0.717, 1.165) is 13.0 Å². The molecule has 1 aromatic carbocycles. The average Bonchev–Trinajstić information content (AvgIpc) is 2.77. The Bertz CT molecular complexity index is 470. The Balaban J connectivity index is 0.00000180. The summed E-state index contributed by atoms with van der Waals surface area (Å²) in [7, 11) is 0. The number of amides is 1. The first-order chi connectivity index (χ1) is 8.49. The maximum absolute atomic E-state index is 13.0. The van der Waals surface area contributed by atoms with Gasteiger partial charge in [-0.2, -0.15) is 0 Å². The molecule has 1 amide bonds. The highest BCUT2D eigenvalue weighted by molar-refractivity contribution is 9.10. The molecule has 0 saturated carbocycles. The second-order valence-electron chi connectivity index (χ2n) is 4.78. The van der Waals surface area contributed by atoms with E-state index in [9.17, 15) is 9.18 Å². The molecule has 1 aliphatic rings. The molecule has 1 fully saturated rings. The molecule has 2 atom stereocenters. The summed E-state index contributed by atoms with van der Waals surface area (Å²) in [4.78, 5) is 14.1. The van der Waals surface area contributed by atoms with Crippen molar-refractivity contribution in [2.24, 2.45) is 11.7 Å². The summed E-state index contributed by atoms with van der Waals surface area (Å²) in [6, 6.07) is 4.23. The van der Waals surface area contributed by atoms with Crippen LogP contribution < -0.4 is 5.73 Å². The van der Waals surface area contributed by atoms with Crippen molar-refractivity contribution in [3.63, 3.8) is 0 Å². The molecular formula is C13H17BrClFN2O. The Morgan fingerprint density at radius 3 is 2.79 bits per heavy atom. The zero-order valence-corrected chi connectivity index (χ0v) is 13.0. The smallest absolute Gasteiger partial charge is 0.255 e. The molecule has 1 saturated heterocycles. The number of halogens is 3. The molecule has 2 unspecified atom stereocenters. The van der Waals surface area contributed by atoms with Crippen LogP contribution in [0.4, 0.5) is 4.39 Å². The van der Waals surface area contributed by atoms with Crippen molar-refractivity contribution in [1.29, 1.82) is 0 Å². The Morgan fingerprint density at radius 1 is 1.58 bits per heavy atom. The van der Waals surface area contributed by atoms with Crippen molar-refractivity contribution in [1.82, 2.24) is 4.90 Å². The van der Waals surface area contributed by atoms with Gasteiger partial charge in [0.25, 0.3) is 5.91 Å². The minimum absolute atomic E-state index is 0. The molecule has 1 aromatic rings. The van der Waals surface area contributed by atoms with E-state index in [1.54, 1.807) is 4.90 Å². The summed E-state index contributed by atoms with van der Waals surface area (Å²) in [5, 5.41) is 0. The lowest BCUT2D eigenvalue weighted by molar-refractivity contribution is 0.0785. The highest BCUT2D eigenvalue weighted by atomic mass is 79.9. The SMILES string of the molecule is CC(N)C1CCN(C(=O)c2ccc(F)cc2Br)C1.Cl. The Kier molecular flexibility index (Phi) is 5.77. The first-order valence-electron chi connectivity index (χ1n) is 5.99. The molecule has 2 rings (SSSR count). The fourth-order valence-corrected chi connectivity index (χ4v) is 2.75. The Morgan fingerprint density at radius 2 is 2.26 bits per heavy atom. The largest absolute Gasteiger partial charge is 0.338 e. The summed E-state index contributed by atoms with van der Waals surface area (Å²) < 4.78 is 13.5. The number of hydrogen-bond acceptors (Lipinski definition) is 2. The number of carbonyl (C=O) groups is 1. The van der Waals surface area contributed by atoms with Gasteiger partial charge in [0.05, 0.1) is 5.56 Å². The van der Waals surface area contributed by atoms with Crippen molar-refractivity contribution in [2.75, 3.05) is 13.1 Å². The summed E-state index contributed by atoms with van der Waals surface area (Å²) in [5.41, 5.74) is 6.35. The van der Waals surface area contributed by atoms with Crippen LogP contribution in [0.3, 0.4) is 0 Å². The van der Waals surface area contributed by atoms with Crippen molar-refractivity contribution < 1.29 is 9.18 Å². The molecule has 6 heteroatoms. The van der Waals surface area contributed by atoms with Gasteiger partial charge in [0, 0.05) is 23.6 Å². The molecule has 3 nitrogen and oxygen atoms in total. The first kappa shape index (κ1) is 16.4. The summed E-state index contributed by atoms with van der Waals surface area (Å²) >= 11 is 3.23. The van der Waals surface area contributed by atoms with Crippen LogP contribution in [0.5, 0.6) is 0 Å². The topological polar surface area (TPSA) is 46.3 Å². The first-order valence-corrected chi connectivity index (χ1v) is 6.78. The summed E-state index contributed by atoms with van der Waals surface area (Å²) in [5.74, 6) is -0.0634. The maximum atomic E-state index is 13.0.